The Labute approximate surface area is 130 Å². The van der Waals surface area contributed by atoms with Gasteiger partial charge in [-0.15, -0.1) is 0 Å². The molecule has 0 aliphatic rings. The summed E-state index contributed by atoms with van der Waals surface area (Å²) in [6.07, 6.45) is -2.32. The van der Waals surface area contributed by atoms with Gasteiger partial charge in [0.15, 0.2) is 6.10 Å². The highest BCUT2D eigenvalue weighted by molar-refractivity contribution is 7.87. The zero-order valence-corrected chi connectivity index (χ0v) is 12.8. The maximum Gasteiger partial charge on any atom is 0.523 e. The minimum absolute atomic E-state index is 0.00284. The number of carbonyl (C=O) groups is 1. The van der Waals surface area contributed by atoms with Gasteiger partial charge < -0.3 is 4.74 Å². The molecule has 0 aliphatic carbocycles. The number of benzene rings is 1. The monoisotopic (exact) mass is 358 g/mol. The Hall–Kier alpha value is -1.68. The maximum absolute atomic E-state index is 12.8. The van der Waals surface area contributed by atoms with Crippen LogP contribution < -0.4 is 0 Å². The van der Waals surface area contributed by atoms with E-state index in [0.717, 1.165) is 12.1 Å². The van der Waals surface area contributed by atoms with Crippen molar-refractivity contribution < 1.29 is 39.7 Å². The molecule has 1 aromatic carbocycles. The summed E-state index contributed by atoms with van der Waals surface area (Å²) in [4.78, 5) is 11.6. The van der Waals surface area contributed by atoms with Gasteiger partial charge in [-0.25, -0.2) is 13.4 Å². The highest BCUT2D eigenvalue weighted by Gasteiger charge is 2.49. The molecule has 0 saturated carbocycles. The molecule has 10 heteroatoms. The van der Waals surface area contributed by atoms with E-state index in [2.05, 4.69) is 8.92 Å². The molecule has 130 valence electrons. The van der Waals surface area contributed by atoms with Gasteiger partial charge in [0, 0.05) is 0 Å². The van der Waals surface area contributed by atoms with Gasteiger partial charge >= 0.3 is 21.6 Å². The van der Waals surface area contributed by atoms with Gasteiger partial charge in [0.1, 0.15) is 5.82 Å². The Morgan fingerprint density at radius 1 is 1.22 bits per heavy atom. The summed E-state index contributed by atoms with van der Waals surface area (Å²) in [6.45, 7) is 1.26. The second-order valence-corrected chi connectivity index (χ2v) is 5.97. The molecule has 1 unspecified atom stereocenters. The van der Waals surface area contributed by atoms with E-state index in [0.29, 0.717) is 5.56 Å². The number of halogens is 4. The van der Waals surface area contributed by atoms with Gasteiger partial charge in [0.05, 0.1) is 6.61 Å². The number of carbonyl (C=O) groups excluding carboxylic acids is 1. The van der Waals surface area contributed by atoms with Crippen molar-refractivity contribution in [2.75, 3.05) is 6.61 Å². The standard InChI is InChI=1S/C13H14F4O5S/c1-2-21-12(18)11(22-23(19,20)13(15,16)17)8-5-9-3-6-10(14)7-4-9/h3-4,6-7,11H,2,5,8H2,1H3. The van der Waals surface area contributed by atoms with E-state index in [1.54, 1.807) is 0 Å². The molecule has 1 rings (SSSR count). The van der Waals surface area contributed by atoms with Crippen LogP contribution in [0.4, 0.5) is 17.6 Å². The van der Waals surface area contributed by atoms with Crippen molar-refractivity contribution >= 4 is 16.1 Å². The molecule has 0 N–H and O–H groups in total. The summed E-state index contributed by atoms with van der Waals surface area (Å²) in [6, 6.07) is 4.97. The van der Waals surface area contributed by atoms with E-state index in [1.807, 2.05) is 0 Å². The largest absolute Gasteiger partial charge is 0.523 e. The molecule has 1 aromatic rings. The third-order valence-electron chi connectivity index (χ3n) is 2.68. The van der Waals surface area contributed by atoms with Crippen molar-refractivity contribution in [2.45, 2.75) is 31.4 Å². The summed E-state index contributed by atoms with van der Waals surface area (Å²) in [5.41, 5.74) is -5.15. The predicted octanol–water partition coefficient (Wildman–Crippen LogP) is 2.56. The quantitative estimate of drug-likeness (QED) is 0.324. The highest BCUT2D eigenvalue weighted by Crippen LogP contribution is 2.27. The summed E-state index contributed by atoms with van der Waals surface area (Å²) in [5.74, 6) is -1.73. The topological polar surface area (TPSA) is 69.7 Å². The van der Waals surface area contributed by atoms with Crippen LogP contribution in [0.25, 0.3) is 0 Å². The van der Waals surface area contributed by atoms with Gasteiger partial charge in [-0.1, -0.05) is 12.1 Å². The highest BCUT2D eigenvalue weighted by atomic mass is 32.2. The van der Waals surface area contributed by atoms with Crippen LogP contribution in [0, 0.1) is 5.82 Å². The number of hydrogen-bond acceptors (Lipinski definition) is 5. The van der Waals surface area contributed by atoms with Gasteiger partial charge in [-0.2, -0.15) is 21.6 Å². The van der Waals surface area contributed by atoms with Crippen LogP contribution in [0.3, 0.4) is 0 Å². The average molecular weight is 358 g/mol. The normalized spacial score (nSPS) is 13.6. The van der Waals surface area contributed by atoms with Crippen LogP contribution >= 0.6 is 0 Å². The fourth-order valence-electron chi connectivity index (χ4n) is 1.60. The summed E-state index contributed by atoms with van der Waals surface area (Å²) < 4.78 is 80.3. The minimum Gasteiger partial charge on any atom is -0.464 e. The first kappa shape index (κ1) is 19.4. The molecule has 1 atom stereocenters. The van der Waals surface area contributed by atoms with Crippen molar-refractivity contribution in [3.8, 4) is 0 Å². The van der Waals surface area contributed by atoms with E-state index in [1.165, 1.54) is 19.1 Å². The number of esters is 1. The van der Waals surface area contributed by atoms with Gasteiger partial charge in [-0.3, -0.25) is 0 Å². The lowest BCUT2D eigenvalue weighted by molar-refractivity contribution is -0.152. The Balaban J connectivity index is 2.85. The number of rotatable bonds is 7. The van der Waals surface area contributed by atoms with Gasteiger partial charge in [-0.05, 0) is 37.5 Å². The molecule has 0 aromatic heterocycles. The SMILES string of the molecule is CCOC(=O)C(CCc1ccc(F)cc1)OS(=O)(=O)C(F)(F)F. The fraction of sp³-hybridized carbons (Fsp3) is 0.462. The smallest absolute Gasteiger partial charge is 0.464 e. The Kier molecular flexibility index (Phi) is 6.51. The molecule has 0 heterocycles. The van der Waals surface area contributed by atoms with Crippen LogP contribution in [0.1, 0.15) is 18.9 Å². The van der Waals surface area contributed by atoms with E-state index >= 15 is 0 Å². The van der Waals surface area contributed by atoms with E-state index in [4.69, 9.17) is 0 Å². The van der Waals surface area contributed by atoms with Gasteiger partial charge in [0.2, 0.25) is 0 Å². The summed E-state index contributed by atoms with van der Waals surface area (Å²) in [7, 11) is -5.93. The first-order valence-corrected chi connectivity index (χ1v) is 7.88. The molecular formula is C13H14F4O5S. The number of alkyl halides is 3. The lowest BCUT2D eigenvalue weighted by atomic mass is 10.1. The molecule has 23 heavy (non-hydrogen) atoms. The lowest BCUT2D eigenvalue weighted by Gasteiger charge is -2.17. The Morgan fingerprint density at radius 3 is 2.26 bits per heavy atom. The maximum atomic E-state index is 12.8. The molecule has 0 radical (unpaired) electrons. The van der Waals surface area contributed by atoms with E-state index in [-0.39, 0.29) is 19.4 Å². The molecule has 0 saturated heterocycles. The third kappa shape index (κ3) is 5.79. The lowest BCUT2D eigenvalue weighted by Crippen LogP contribution is -2.35. The average Bonchev–Trinajstić information content (AvgIpc) is 2.44. The number of aryl methyl sites for hydroxylation is 1. The Bertz CT molecular complexity index is 625. The fourth-order valence-corrected chi connectivity index (χ4v) is 2.19. The zero-order valence-electron chi connectivity index (χ0n) is 12.0. The second kappa shape index (κ2) is 7.73. The zero-order chi connectivity index (χ0) is 17.7. The molecule has 0 bridgehead atoms. The molecule has 0 spiro atoms. The second-order valence-electron chi connectivity index (χ2n) is 4.40. The first-order valence-electron chi connectivity index (χ1n) is 6.47. The molecule has 0 fully saturated rings. The van der Waals surface area contributed by atoms with Crippen LogP contribution in [0.15, 0.2) is 24.3 Å². The van der Waals surface area contributed by atoms with Crippen molar-refractivity contribution in [3.63, 3.8) is 0 Å². The van der Waals surface area contributed by atoms with Crippen LogP contribution in [0.5, 0.6) is 0 Å². The molecule has 0 amide bonds. The van der Waals surface area contributed by atoms with Crippen molar-refractivity contribution in [1.29, 1.82) is 0 Å². The number of ether oxygens (including phenoxy) is 1. The van der Waals surface area contributed by atoms with Crippen molar-refractivity contribution in [3.05, 3.63) is 35.6 Å². The number of hydrogen-bond donors (Lipinski definition) is 0. The van der Waals surface area contributed by atoms with Crippen LogP contribution in [-0.4, -0.2) is 32.6 Å². The minimum atomic E-state index is -5.93. The Morgan fingerprint density at radius 2 is 1.78 bits per heavy atom. The third-order valence-corrected chi connectivity index (χ3v) is 3.74. The summed E-state index contributed by atoms with van der Waals surface area (Å²) >= 11 is 0. The summed E-state index contributed by atoms with van der Waals surface area (Å²) in [5, 5.41) is 0. The van der Waals surface area contributed by atoms with E-state index < -0.39 is 33.5 Å². The predicted molar refractivity (Wildman–Crippen MR) is 71.2 cm³/mol. The molecular weight excluding hydrogens is 344 g/mol. The van der Waals surface area contributed by atoms with E-state index in [9.17, 15) is 30.8 Å². The van der Waals surface area contributed by atoms with Crippen molar-refractivity contribution in [1.82, 2.24) is 0 Å². The van der Waals surface area contributed by atoms with Crippen LogP contribution in [0.2, 0.25) is 0 Å². The molecule has 0 aliphatic heterocycles. The van der Waals surface area contributed by atoms with Crippen LogP contribution in [-0.2, 0) is 30.3 Å². The molecule has 5 nitrogen and oxygen atoms in total. The van der Waals surface area contributed by atoms with Crippen molar-refractivity contribution in [2.24, 2.45) is 0 Å². The van der Waals surface area contributed by atoms with Gasteiger partial charge in [0.25, 0.3) is 0 Å². The first-order chi connectivity index (χ1) is 10.6.